The summed E-state index contributed by atoms with van der Waals surface area (Å²) in [6.45, 7) is 1.90. The Hall–Kier alpha value is -4.59. The Balaban J connectivity index is 1.50. The van der Waals surface area contributed by atoms with E-state index in [4.69, 9.17) is 0 Å². The topological polar surface area (TPSA) is 88.2 Å². The van der Waals surface area contributed by atoms with E-state index < -0.39 is 22.1 Å². The summed E-state index contributed by atoms with van der Waals surface area (Å²) < 4.78 is 30.0. The predicted octanol–water partition coefficient (Wildman–Crippen LogP) is 6.25. The van der Waals surface area contributed by atoms with E-state index in [0.717, 1.165) is 27.8 Å². The van der Waals surface area contributed by atoms with Crippen molar-refractivity contribution in [2.24, 2.45) is 0 Å². The molecule has 0 saturated carbocycles. The Morgan fingerprint density at radius 2 is 1.18 bits per heavy atom. The molecule has 1 amide bonds. The van der Waals surface area contributed by atoms with Gasteiger partial charge >= 0.3 is 0 Å². The molecular formula is C33H29N3O3S. The third-order valence-corrected chi connectivity index (χ3v) is 8.17. The summed E-state index contributed by atoms with van der Waals surface area (Å²) in [6.07, 6.45) is 3.45. The average molecular weight is 548 g/mol. The smallest absolute Gasteiger partial charge is 0.251 e. The number of pyridine rings is 1. The molecule has 0 unspecified atom stereocenters. The van der Waals surface area contributed by atoms with Gasteiger partial charge in [0.05, 0.1) is 17.0 Å². The van der Waals surface area contributed by atoms with Crippen LogP contribution in [0.3, 0.4) is 0 Å². The zero-order valence-corrected chi connectivity index (χ0v) is 22.8. The van der Waals surface area contributed by atoms with E-state index in [2.05, 4.69) is 15.0 Å². The van der Waals surface area contributed by atoms with Gasteiger partial charge in [-0.25, -0.2) is 13.1 Å². The number of benzene rings is 4. The number of aryl methyl sites for hydroxylation is 1. The molecule has 0 spiro atoms. The Morgan fingerprint density at radius 1 is 0.650 bits per heavy atom. The second kappa shape index (κ2) is 12.1. The van der Waals surface area contributed by atoms with Crippen molar-refractivity contribution in [1.29, 1.82) is 0 Å². The highest BCUT2D eigenvalue weighted by Gasteiger charge is 2.31. The number of rotatable bonds is 9. The molecule has 4 aromatic carbocycles. The Kier molecular flexibility index (Phi) is 8.15. The zero-order valence-electron chi connectivity index (χ0n) is 21.9. The fourth-order valence-corrected chi connectivity index (χ4v) is 5.78. The zero-order chi connectivity index (χ0) is 28.0. The first-order valence-corrected chi connectivity index (χ1v) is 14.4. The number of hydrogen-bond donors (Lipinski definition) is 2. The van der Waals surface area contributed by atoms with Crippen LogP contribution in [0.25, 0.3) is 11.1 Å². The van der Waals surface area contributed by atoms with Gasteiger partial charge in [0.25, 0.3) is 5.91 Å². The number of amides is 1. The number of aromatic nitrogens is 1. The first-order chi connectivity index (χ1) is 19.4. The predicted molar refractivity (Wildman–Crippen MR) is 157 cm³/mol. The molecular weight excluding hydrogens is 518 g/mol. The maximum absolute atomic E-state index is 13.6. The molecule has 5 rings (SSSR count). The summed E-state index contributed by atoms with van der Waals surface area (Å²) in [7, 11) is -3.92. The first-order valence-electron chi connectivity index (χ1n) is 12.9. The normalized spacial score (nSPS) is 12.8. The molecule has 7 heteroatoms. The van der Waals surface area contributed by atoms with Gasteiger partial charge in [0, 0.05) is 18.0 Å². The van der Waals surface area contributed by atoms with Gasteiger partial charge in [-0.3, -0.25) is 9.78 Å². The van der Waals surface area contributed by atoms with Crippen LogP contribution in [-0.4, -0.2) is 19.3 Å². The van der Waals surface area contributed by atoms with Gasteiger partial charge in [0.15, 0.2) is 0 Å². The van der Waals surface area contributed by atoms with Crippen LogP contribution in [0.1, 0.15) is 39.1 Å². The van der Waals surface area contributed by atoms with Crippen molar-refractivity contribution in [3.8, 4) is 11.1 Å². The number of sulfonamides is 1. The van der Waals surface area contributed by atoms with E-state index in [-0.39, 0.29) is 10.8 Å². The third-order valence-electron chi connectivity index (χ3n) is 6.71. The number of nitrogens with one attached hydrogen (secondary N) is 2. The summed E-state index contributed by atoms with van der Waals surface area (Å²) in [4.78, 5) is 17.8. The fraction of sp³-hybridized carbons (Fsp3) is 0.0909. The third kappa shape index (κ3) is 6.34. The molecule has 0 bridgehead atoms. The summed E-state index contributed by atoms with van der Waals surface area (Å²) in [5, 5.41) is 3.11. The van der Waals surface area contributed by atoms with Crippen molar-refractivity contribution in [2.45, 2.75) is 23.9 Å². The molecule has 40 heavy (non-hydrogen) atoms. The van der Waals surface area contributed by atoms with Crippen molar-refractivity contribution in [3.63, 3.8) is 0 Å². The molecule has 2 N–H and O–H groups in total. The van der Waals surface area contributed by atoms with Crippen LogP contribution in [0, 0.1) is 6.92 Å². The van der Waals surface area contributed by atoms with E-state index in [9.17, 15) is 13.2 Å². The molecule has 0 aliphatic carbocycles. The Bertz CT molecular complexity index is 1660. The van der Waals surface area contributed by atoms with Gasteiger partial charge in [-0.1, -0.05) is 90.5 Å². The largest absolute Gasteiger partial charge is 0.343 e. The summed E-state index contributed by atoms with van der Waals surface area (Å²) in [5.74, 6) is -0.314. The van der Waals surface area contributed by atoms with Crippen LogP contribution in [0.15, 0.2) is 139 Å². The highest BCUT2D eigenvalue weighted by molar-refractivity contribution is 7.89. The van der Waals surface area contributed by atoms with Crippen LogP contribution in [0.2, 0.25) is 0 Å². The quantitative estimate of drug-likeness (QED) is 0.228. The van der Waals surface area contributed by atoms with Gasteiger partial charge in [0.1, 0.15) is 0 Å². The van der Waals surface area contributed by atoms with Crippen molar-refractivity contribution < 1.29 is 13.2 Å². The van der Waals surface area contributed by atoms with Crippen molar-refractivity contribution in [2.75, 3.05) is 0 Å². The number of hydrogen-bond acceptors (Lipinski definition) is 4. The monoisotopic (exact) mass is 547 g/mol. The molecule has 6 nitrogen and oxygen atoms in total. The van der Waals surface area contributed by atoms with Crippen LogP contribution in [0.4, 0.5) is 0 Å². The van der Waals surface area contributed by atoms with E-state index in [0.29, 0.717) is 5.56 Å². The minimum atomic E-state index is -3.92. The average Bonchev–Trinajstić information content (AvgIpc) is 3.00. The summed E-state index contributed by atoms with van der Waals surface area (Å²) in [6, 6.07) is 35.0. The molecule has 5 aromatic rings. The second-order valence-corrected chi connectivity index (χ2v) is 11.2. The van der Waals surface area contributed by atoms with Gasteiger partial charge in [-0.15, -0.1) is 0 Å². The molecule has 0 radical (unpaired) electrons. The maximum atomic E-state index is 13.6. The van der Waals surface area contributed by atoms with Gasteiger partial charge in [-0.05, 0) is 65.6 Å². The lowest BCUT2D eigenvalue weighted by Crippen LogP contribution is -2.40. The van der Waals surface area contributed by atoms with E-state index in [1.54, 1.807) is 48.8 Å². The second-order valence-electron chi connectivity index (χ2n) is 9.50. The van der Waals surface area contributed by atoms with Crippen LogP contribution >= 0.6 is 0 Å². The lowest BCUT2D eigenvalue weighted by atomic mass is 9.93. The molecule has 200 valence electrons. The Labute approximate surface area is 234 Å². The van der Waals surface area contributed by atoms with E-state index in [1.165, 1.54) is 0 Å². The lowest BCUT2D eigenvalue weighted by molar-refractivity contribution is 0.0928. The lowest BCUT2D eigenvalue weighted by Gasteiger charge is -2.30. The van der Waals surface area contributed by atoms with Crippen molar-refractivity contribution in [3.05, 3.63) is 156 Å². The maximum Gasteiger partial charge on any atom is 0.251 e. The molecule has 1 aromatic heterocycles. The molecule has 0 saturated heterocycles. The number of carbonyl (C=O) groups is 1. The van der Waals surface area contributed by atoms with Crippen molar-refractivity contribution >= 4 is 15.9 Å². The number of carbonyl (C=O) groups excluding carboxylic acids is 1. The first kappa shape index (κ1) is 27.0. The molecule has 0 aliphatic heterocycles. The standard InChI is InChI=1S/C33H29N3O3S/c1-24-12-18-30(19-13-24)40(38,39)36-32(28-10-6-3-7-11-28)31(27-8-4-2-5-9-27)35-33(37)29-16-14-25(15-17-29)26-20-22-34-23-21-26/h2-23,31-32,36H,1H3,(H,35,37)/t31-,32+/m1/s1. The Morgan fingerprint density at radius 3 is 1.75 bits per heavy atom. The highest BCUT2D eigenvalue weighted by atomic mass is 32.2. The number of nitrogens with zero attached hydrogens (tertiary/aromatic N) is 1. The summed E-state index contributed by atoms with van der Waals surface area (Å²) in [5.41, 5.74) is 4.88. The van der Waals surface area contributed by atoms with E-state index >= 15 is 0 Å². The molecule has 0 fully saturated rings. The fourth-order valence-electron chi connectivity index (χ4n) is 4.54. The van der Waals surface area contributed by atoms with Crippen molar-refractivity contribution in [1.82, 2.24) is 15.0 Å². The summed E-state index contributed by atoms with van der Waals surface area (Å²) >= 11 is 0. The van der Waals surface area contributed by atoms with Crippen LogP contribution < -0.4 is 10.0 Å². The molecule has 2 atom stereocenters. The molecule has 1 heterocycles. The minimum absolute atomic E-state index is 0.156. The molecule has 0 aliphatic rings. The SMILES string of the molecule is Cc1ccc(S(=O)(=O)N[C@@H](c2ccccc2)[C@H](NC(=O)c2ccc(-c3ccncc3)cc2)c2ccccc2)cc1. The minimum Gasteiger partial charge on any atom is -0.343 e. The highest BCUT2D eigenvalue weighted by Crippen LogP contribution is 2.31. The van der Waals surface area contributed by atoms with E-state index in [1.807, 2.05) is 91.9 Å². The van der Waals surface area contributed by atoms with Gasteiger partial charge in [0.2, 0.25) is 10.0 Å². The van der Waals surface area contributed by atoms with Gasteiger partial charge in [-0.2, -0.15) is 0 Å². The van der Waals surface area contributed by atoms with Crippen LogP contribution in [0.5, 0.6) is 0 Å². The van der Waals surface area contributed by atoms with Crippen LogP contribution in [-0.2, 0) is 10.0 Å². The van der Waals surface area contributed by atoms with Gasteiger partial charge < -0.3 is 5.32 Å².